The summed E-state index contributed by atoms with van der Waals surface area (Å²) in [6, 6.07) is 4.60. The van der Waals surface area contributed by atoms with Gasteiger partial charge in [-0.2, -0.15) is 0 Å². The van der Waals surface area contributed by atoms with Gasteiger partial charge in [-0.15, -0.1) is 11.3 Å². The number of urea groups is 1. The molecule has 1 fully saturated rings. The lowest BCUT2D eigenvalue weighted by Gasteiger charge is -2.32. The van der Waals surface area contributed by atoms with Crippen LogP contribution in [0.5, 0.6) is 11.5 Å². The average Bonchev–Trinajstić information content (AvgIpc) is 3.24. The fourth-order valence-electron chi connectivity index (χ4n) is 3.80. The molecule has 1 aromatic carbocycles. The van der Waals surface area contributed by atoms with E-state index in [1.54, 1.807) is 23.7 Å². The molecule has 0 aliphatic carbocycles. The maximum Gasteiger partial charge on any atom is 0.325 e. The summed E-state index contributed by atoms with van der Waals surface area (Å²) in [6.45, 7) is 4.89. The van der Waals surface area contributed by atoms with Gasteiger partial charge in [0.05, 0.1) is 11.2 Å². The second-order valence-electron chi connectivity index (χ2n) is 7.97. The van der Waals surface area contributed by atoms with Crippen LogP contribution in [0.25, 0.3) is 0 Å². The van der Waals surface area contributed by atoms with E-state index < -0.39 is 6.03 Å². The first-order chi connectivity index (χ1) is 16.0. The fourth-order valence-corrected chi connectivity index (χ4v) is 4.51. The van der Waals surface area contributed by atoms with Crippen molar-refractivity contribution in [2.75, 3.05) is 38.2 Å². The molecule has 0 spiro atoms. The number of benzene rings is 1. The second kappa shape index (κ2) is 10.6. The number of nitrogens with one attached hydrogen (secondary N) is 3. The highest BCUT2D eigenvalue weighted by Crippen LogP contribution is 2.32. The molecule has 2 aliphatic heterocycles. The zero-order valence-corrected chi connectivity index (χ0v) is 19.2. The van der Waals surface area contributed by atoms with E-state index >= 15 is 0 Å². The molecule has 33 heavy (non-hydrogen) atoms. The van der Waals surface area contributed by atoms with Crippen LogP contribution in [0.4, 0.5) is 10.5 Å². The average molecular weight is 474 g/mol. The number of imide groups is 1. The van der Waals surface area contributed by atoms with Crippen molar-refractivity contribution in [1.82, 2.24) is 20.5 Å². The first kappa shape index (κ1) is 23.0. The van der Waals surface area contributed by atoms with E-state index in [0.717, 1.165) is 31.6 Å². The number of anilines is 1. The van der Waals surface area contributed by atoms with Crippen LogP contribution in [0.15, 0.2) is 23.7 Å². The van der Waals surface area contributed by atoms with E-state index in [9.17, 15) is 14.4 Å². The maximum atomic E-state index is 12.3. The smallest absolute Gasteiger partial charge is 0.325 e. The quantitative estimate of drug-likeness (QED) is 0.588. The number of thiazole rings is 1. The SMILES string of the molecule is Cc1ncsc1C(=O)NC1CCN(CCC(=O)NC(=O)Nc2ccc3c(c2)OCCO3)CC1. The van der Waals surface area contributed by atoms with Gasteiger partial charge >= 0.3 is 6.03 Å². The van der Waals surface area contributed by atoms with Crippen LogP contribution in [-0.2, 0) is 4.79 Å². The van der Waals surface area contributed by atoms with E-state index in [1.165, 1.54) is 11.3 Å². The van der Waals surface area contributed by atoms with Gasteiger partial charge in [-0.1, -0.05) is 0 Å². The van der Waals surface area contributed by atoms with Crippen molar-refractivity contribution < 1.29 is 23.9 Å². The Bertz CT molecular complexity index is 1020. The van der Waals surface area contributed by atoms with Gasteiger partial charge in [-0.25, -0.2) is 9.78 Å². The molecule has 4 amide bonds. The molecule has 176 valence electrons. The highest BCUT2D eigenvalue weighted by Gasteiger charge is 2.23. The van der Waals surface area contributed by atoms with Crippen LogP contribution in [0.2, 0.25) is 0 Å². The Kier molecular flexibility index (Phi) is 7.40. The number of aryl methyl sites for hydroxylation is 1. The zero-order chi connectivity index (χ0) is 23.2. The molecule has 2 aromatic rings. The second-order valence-corrected chi connectivity index (χ2v) is 8.82. The number of likely N-dealkylation sites (tertiary alicyclic amines) is 1. The third-order valence-electron chi connectivity index (χ3n) is 5.58. The number of hydrogen-bond donors (Lipinski definition) is 3. The summed E-state index contributed by atoms with van der Waals surface area (Å²) in [5.41, 5.74) is 2.94. The minimum absolute atomic E-state index is 0.0724. The van der Waals surface area contributed by atoms with Crippen molar-refractivity contribution in [3.05, 3.63) is 34.3 Å². The van der Waals surface area contributed by atoms with E-state index in [-0.39, 0.29) is 24.3 Å². The highest BCUT2D eigenvalue weighted by molar-refractivity contribution is 7.11. The molecule has 0 atom stereocenters. The molecule has 0 saturated carbocycles. The maximum absolute atomic E-state index is 12.3. The van der Waals surface area contributed by atoms with Crippen LogP contribution in [-0.4, -0.2) is 66.6 Å². The minimum Gasteiger partial charge on any atom is -0.486 e. The molecule has 0 unspecified atom stereocenters. The molecule has 3 N–H and O–H groups in total. The third kappa shape index (κ3) is 6.20. The largest absolute Gasteiger partial charge is 0.486 e. The van der Waals surface area contributed by atoms with Gasteiger partial charge in [0.2, 0.25) is 5.91 Å². The zero-order valence-electron chi connectivity index (χ0n) is 18.4. The molecule has 0 bridgehead atoms. The molecule has 1 saturated heterocycles. The number of rotatable bonds is 6. The van der Waals surface area contributed by atoms with Gasteiger partial charge in [-0.05, 0) is 31.9 Å². The van der Waals surface area contributed by atoms with E-state index in [4.69, 9.17) is 9.47 Å². The minimum atomic E-state index is -0.587. The van der Waals surface area contributed by atoms with Gasteiger partial charge in [0.1, 0.15) is 18.1 Å². The Balaban J connectivity index is 1.14. The number of carbonyl (C=O) groups excluding carboxylic acids is 3. The number of amides is 4. The Labute approximate surface area is 195 Å². The summed E-state index contributed by atoms with van der Waals surface area (Å²) in [4.78, 5) is 43.6. The standard InChI is InChI=1S/C22H27N5O5S/c1-14-20(33-13-23-14)21(29)24-15-4-7-27(8-5-15)9-6-19(28)26-22(30)25-16-2-3-17-18(12-16)32-11-10-31-17/h2-3,12-13,15H,4-11H2,1H3,(H,24,29)(H2,25,26,28,30). The normalized spacial score (nSPS) is 16.2. The first-order valence-electron chi connectivity index (χ1n) is 10.9. The molecule has 11 heteroatoms. The Morgan fingerprint density at radius 2 is 1.91 bits per heavy atom. The lowest BCUT2D eigenvalue weighted by Crippen LogP contribution is -2.45. The van der Waals surface area contributed by atoms with Crippen molar-refractivity contribution >= 4 is 34.9 Å². The number of aromatic nitrogens is 1. The highest BCUT2D eigenvalue weighted by atomic mass is 32.1. The summed E-state index contributed by atoms with van der Waals surface area (Å²) in [7, 11) is 0. The van der Waals surface area contributed by atoms with E-state index in [0.29, 0.717) is 41.8 Å². The molecule has 2 aliphatic rings. The van der Waals surface area contributed by atoms with Gasteiger partial charge in [0, 0.05) is 43.9 Å². The summed E-state index contributed by atoms with van der Waals surface area (Å²) < 4.78 is 10.9. The number of ether oxygens (including phenoxy) is 2. The van der Waals surface area contributed by atoms with Crippen molar-refractivity contribution in [3.8, 4) is 11.5 Å². The summed E-state index contributed by atoms with van der Waals surface area (Å²) in [5.74, 6) is 0.774. The third-order valence-corrected chi connectivity index (χ3v) is 6.51. The molecule has 1 aromatic heterocycles. The number of nitrogens with zero attached hydrogens (tertiary/aromatic N) is 2. The van der Waals surface area contributed by atoms with Gasteiger partial charge < -0.3 is 25.0 Å². The van der Waals surface area contributed by atoms with Crippen molar-refractivity contribution in [1.29, 1.82) is 0 Å². The van der Waals surface area contributed by atoms with Crippen molar-refractivity contribution in [2.24, 2.45) is 0 Å². The van der Waals surface area contributed by atoms with Crippen LogP contribution >= 0.6 is 11.3 Å². The number of fused-ring (bicyclic) bond motifs is 1. The van der Waals surface area contributed by atoms with Crippen LogP contribution < -0.4 is 25.4 Å². The van der Waals surface area contributed by atoms with Gasteiger partial charge in [0.25, 0.3) is 5.91 Å². The van der Waals surface area contributed by atoms with E-state index in [1.807, 2.05) is 6.92 Å². The Morgan fingerprint density at radius 3 is 2.64 bits per heavy atom. The molecular formula is C22H27N5O5S. The summed E-state index contributed by atoms with van der Waals surface area (Å²) in [6.07, 6.45) is 1.84. The first-order valence-corrected chi connectivity index (χ1v) is 11.8. The predicted octanol–water partition coefficient (Wildman–Crippen LogP) is 2.16. The van der Waals surface area contributed by atoms with Crippen LogP contribution in [0.3, 0.4) is 0 Å². The Hall–Kier alpha value is -3.18. The summed E-state index contributed by atoms with van der Waals surface area (Å²) >= 11 is 1.35. The summed E-state index contributed by atoms with van der Waals surface area (Å²) in [5, 5.41) is 8.06. The number of hydrogen-bond acceptors (Lipinski definition) is 8. The van der Waals surface area contributed by atoms with Crippen molar-refractivity contribution in [3.63, 3.8) is 0 Å². The molecule has 0 radical (unpaired) electrons. The number of piperidine rings is 1. The Morgan fingerprint density at radius 1 is 1.15 bits per heavy atom. The lowest BCUT2D eigenvalue weighted by atomic mass is 10.0. The van der Waals surface area contributed by atoms with E-state index in [2.05, 4.69) is 25.8 Å². The van der Waals surface area contributed by atoms with Gasteiger partial charge in [0.15, 0.2) is 11.5 Å². The van der Waals surface area contributed by atoms with Crippen LogP contribution in [0, 0.1) is 6.92 Å². The molecule has 10 nitrogen and oxygen atoms in total. The van der Waals surface area contributed by atoms with Crippen LogP contribution in [0.1, 0.15) is 34.6 Å². The molecular weight excluding hydrogens is 446 g/mol. The van der Waals surface area contributed by atoms with Crippen molar-refractivity contribution in [2.45, 2.75) is 32.2 Å². The molecule has 3 heterocycles. The monoisotopic (exact) mass is 473 g/mol. The van der Waals surface area contributed by atoms with Gasteiger partial charge in [-0.3, -0.25) is 14.9 Å². The number of carbonyl (C=O) groups is 3. The molecule has 4 rings (SSSR count). The topological polar surface area (TPSA) is 122 Å². The predicted molar refractivity (Wildman–Crippen MR) is 123 cm³/mol. The fraction of sp³-hybridized carbons (Fsp3) is 0.455. The lowest BCUT2D eigenvalue weighted by molar-refractivity contribution is -0.120.